The van der Waals surface area contributed by atoms with Crippen LogP contribution in [0.25, 0.3) is 16.5 Å². The van der Waals surface area contributed by atoms with Gasteiger partial charge in [-0.05, 0) is 32.0 Å². The minimum atomic E-state index is -0.732. The van der Waals surface area contributed by atoms with E-state index in [1.165, 1.54) is 30.7 Å². The number of hydrogen-bond acceptors (Lipinski definition) is 9. The van der Waals surface area contributed by atoms with Crippen LogP contribution in [0, 0.1) is 17.0 Å². The lowest BCUT2D eigenvalue weighted by Crippen LogP contribution is -2.25. The zero-order chi connectivity index (χ0) is 26.0. The van der Waals surface area contributed by atoms with E-state index in [2.05, 4.69) is 10.4 Å². The van der Waals surface area contributed by atoms with Crippen LogP contribution in [0.4, 0.5) is 10.7 Å². The van der Waals surface area contributed by atoms with Crippen molar-refractivity contribution in [1.29, 1.82) is 0 Å². The highest BCUT2D eigenvalue weighted by atomic mass is 32.1. The monoisotopic (exact) mass is 508 g/mol. The molecule has 0 radical (unpaired) electrons. The Bertz CT molecular complexity index is 1570. The van der Waals surface area contributed by atoms with Gasteiger partial charge in [-0.25, -0.2) is 4.79 Å². The van der Waals surface area contributed by atoms with Crippen molar-refractivity contribution >= 4 is 44.7 Å². The van der Waals surface area contributed by atoms with Crippen molar-refractivity contribution in [3.05, 3.63) is 85.1 Å². The second-order valence-electron chi connectivity index (χ2n) is 7.55. The molecule has 11 nitrogen and oxygen atoms in total. The number of ether oxygens (including phenoxy) is 2. The van der Waals surface area contributed by atoms with E-state index in [0.29, 0.717) is 17.0 Å². The largest absolute Gasteiger partial charge is 0.497 e. The van der Waals surface area contributed by atoms with E-state index in [1.54, 1.807) is 38.1 Å². The summed E-state index contributed by atoms with van der Waals surface area (Å²) in [6.45, 7) is 3.31. The van der Waals surface area contributed by atoms with Gasteiger partial charge in [0.15, 0.2) is 5.69 Å². The van der Waals surface area contributed by atoms with Gasteiger partial charge in [-0.3, -0.25) is 19.7 Å². The van der Waals surface area contributed by atoms with Crippen molar-refractivity contribution in [2.75, 3.05) is 19.0 Å². The third kappa shape index (κ3) is 4.53. The Hall–Kier alpha value is -4.58. The molecule has 0 saturated carbocycles. The number of amides is 1. The number of carbonyl (C=O) groups excluding carboxylic acids is 2. The molecular formula is C24H20N4O7S. The average molecular weight is 509 g/mol. The molecule has 4 aromatic rings. The van der Waals surface area contributed by atoms with E-state index >= 15 is 0 Å². The van der Waals surface area contributed by atoms with E-state index < -0.39 is 22.4 Å². The first kappa shape index (κ1) is 24.5. The predicted octanol–water partition coefficient (Wildman–Crippen LogP) is 4.10. The zero-order valence-corrected chi connectivity index (χ0v) is 20.3. The molecule has 184 valence electrons. The van der Waals surface area contributed by atoms with E-state index in [1.807, 2.05) is 0 Å². The van der Waals surface area contributed by atoms with Crippen molar-refractivity contribution in [3.8, 4) is 11.4 Å². The highest BCUT2D eigenvalue weighted by Crippen LogP contribution is 2.31. The van der Waals surface area contributed by atoms with Crippen molar-refractivity contribution in [2.45, 2.75) is 13.8 Å². The van der Waals surface area contributed by atoms with Gasteiger partial charge in [-0.2, -0.15) is 9.78 Å². The normalized spacial score (nSPS) is 10.8. The Morgan fingerprint density at radius 3 is 2.69 bits per heavy atom. The number of methoxy groups -OCH3 is 1. The number of esters is 1. The molecule has 0 atom stereocenters. The quantitative estimate of drug-likeness (QED) is 0.223. The summed E-state index contributed by atoms with van der Waals surface area (Å²) in [6, 6.07) is 10.6. The zero-order valence-electron chi connectivity index (χ0n) is 19.4. The SMILES string of the molecule is CCOC(=O)c1nn(-c2cccc(OC)c2)c(=O)c2c(NC(=O)c3ccc(C)c([N+](=O)[O-])c3)scc12. The fourth-order valence-electron chi connectivity index (χ4n) is 3.53. The first-order valence-electron chi connectivity index (χ1n) is 10.7. The molecular weight excluding hydrogens is 488 g/mol. The number of nitrogens with zero attached hydrogens (tertiary/aromatic N) is 3. The summed E-state index contributed by atoms with van der Waals surface area (Å²) in [7, 11) is 1.48. The number of nitro groups is 1. The number of fused-ring (bicyclic) bond motifs is 1. The number of aromatic nitrogens is 2. The maximum absolute atomic E-state index is 13.5. The van der Waals surface area contributed by atoms with Gasteiger partial charge < -0.3 is 14.8 Å². The molecule has 36 heavy (non-hydrogen) atoms. The van der Waals surface area contributed by atoms with Crippen LogP contribution in [-0.4, -0.2) is 40.3 Å². The van der Waals surface area contributed by atoms with Crippen LogP contribution < -0.4 is 15.6 Å². The number of rotatable bonds is 7. The van der Waals surface area contributed by atoms with Gasteiger partial charge in [0.2, 0.25) is 0 Å². The highest BCUT2D eigenvalue weighted by Gasteiger charge is 2.24. The summed E-state index contributed by atoms with van der Waals surface area (Å²) in [5.41, 5.74) is -0.0990. The number of aryl methyl sites for hydroxylation is 1. The van der Waals surface area contributed by atoms with Crippen LogP contribution >= 0.6 is 11.3 Å². The first-order chi connectivity index (χ1) is 17.2. The number of nitro benzene ring substituents is 1. The summed E-state index contributed by atoms with van der Waals surface area (Å²) in [4.78, 5) is 49.9. The Morgan fingerprint density at radius 1 is 1.22 bits per heavy atom. The molecule has 4 rings (SSSR count). The van der Waals surface area contributed by atoms with Crippen molar-refractivity contribution in [1.82, 2.24) is 9.78 Å². The van der Waals surface area contributed by atoms with Crippen LogP contribution in [0.2, 0.25) is 0 Å². The molecule has 1 N–H and O–H groups in total. The number of thiophene rings is 1. The van der Waals surface area contributed by atoms with Gasteiger partial charge >= 0.3 is 5.97 Å². The van der Waals surface area contributed by atoms with Gasteiger partial charge in [0.1, 0.15) is 10.8 Å². The van der Waals surface area contributed by atoms with Gasteiger partial charge in [0.25, 0.3) is 17.2 Å². The standard InChI is InChI=1S/C24H20N4O7S/c1-4-35-24(31)20-17-12-36-22(25-21(29)14-9-8-13(2)18(10-14)28(32)33)19(17)23(30)27(26-20)15-6-5-7-16(11-15)34-3/h5-12H,4H2,1-3H3,(H,25,29). The first-order valence-corrected chi connectivity index (χ1v) is 11.6. The van der Waals surface area contributed by atoms with Crippen molar-refractivity contribution < 1.29 is 24.0 Å². The second-order valence-corrected chi connectivity index (χ2v) is 8.43. The third-order valence-electron chi connectivity index (χ3n) is 5.31. The molecule has 0 aliphatic rings. The summed E-state index contributed by atoms with van der Waals surface area (Å²) < 4.78 is 11.4. The minimum absolute atomic E-state index is 0.0432. The van der Waals surface area contributed by atoms with Gasteiger partial charge in [-0.1, -0.05) is 12.1 Å². The number of anilines is 1. The molecule has 0 spiro atoms. The smallest absolute Gasteiger partial charge is 0.359 e. The van der Waals surface area contributed by atoms with Gasteiger partial charge in [0, 0.05) is 34.0 Å². The number of nitrogens with one attached hydrogen (secondary N) is 1. The molecule has 0 aliphatic carbocycles. The molecule has 0 bridgehead atoms. The molecule has 12 heteroatoms. The molecule has 0 fully saturated rings. The Labute approximate surface area is 208 Å². The van der Waals surface area contributed by atoms with Crippen molar-refractivity contribution in [2.24, 2.45) is 0 Å². The minimum Gasteiger partial charge on any atom is -0.497 e. The lowest BCUT2D eigenvalue weighted by molar-refractivity contribution is -0.385. The second kappa shape index (κ2) is 9.96. The average Bonchev–Trinajstić information content (AvgIpc) is 3.28. The fraction of sp³-hybridized carbons (Fsp3) is 0.167. The summed E-state index contributed by atoms with van der Waals surface area (Å²) in [5.74, 6) is -0.911. The number of benzene rings is 2. The van der Waals surface area contributed by atoms with Crippen LogP contribution in [0.3, 0.4) is 0 Å². The maximum Gasteiger partial charge on any atom is 0.359 e. The topological polar surface area (TPSA) is 143 Å². The molecule has 1 amide bonds. The molecule has 2 aromatic heterocycles. The Kier molecular flexibility index (Phi) is 6.79. The van der Waals surface area contributed by atoms with E-state index in [4.69, 9.17) is 9.47 Å². The van der Waals surface area contributed by atoms with E-state index in [0.717, 1.165) is 16.0 Å². The summed E-state index contributed by atoms with van der Waals surface area (Å²) in [5, 5.41) is 20.1. The van der Waals surface area contributed by atoms with E-state index in [9.17, 15) is 24.5 Å². The third-order valence-corrected chi connectivity index (χ3v) is 6.21. The molecule has 2 heterocycles. The van der Waals surface area contributed by atoms with Gasteiger partial charge in [-0.15, -0.1) is 11.3 Å². The van der Waals surface area contributed by atoms with Crippen molar-refractivity contribution in [3.63, 3.8) is 0 Å². The van der Waals surface area contributed by atoms with Crippen LogP contribution in [0.15, 0.2) is 52.6 Å². The molecule has 0 aliphatic heterocycles. The molecule has 2 aromatic carbocycles. The summed E-state index contributed by atoms with van der Waals surface area (Å²) >= 11 is 1.02. The lowest BCUT2D eigenvalue weighted by atomic mass is 10.1. The molecule has 0 unspecified atom stereocenters. The van der Waals surface area contributed by atoms with Crippen LogP contribution in [-0.2, 0) is 4.74 Å². The van der Waals surface area contributed by atoms with Gasteiger partial charge in [0.05, 0.1) is 29.7 Å². The Balaban J connectivity index is 1.86. The predicted molar refractivity (Wildman–Crippen MR) is 134 cm³/mol. The summed E-state index contributed by atoms with van der Waals surface area (Å²) in [6.07, 6.45) is 0. The number of carbonyl (C=O) groups is 2. The lowest BCUT2D eigenvalue weighted by Gasteiger charge is -2.11. The maximum atomic E-state index is 13.5. The highest BCUT2D eigenvalue weighted by molar-refractivity contribution is 7.16. The van der Waals surface area contributed by atoms with Crippen LogP contribution in [0.5, 0.6) is 5.75 Å². The fourth-order valence-corrected chi connectivity index (χ4v) is 4.46. The van der Waals surface area contributed by atoms with Crippen LogP contribution in [0.1, 0.15) is 33.3 Å². The number of hydrogen-bond donors (Lipinski definition) is 1. The molecule has 0 saturated heterocycles. The van der Waals surface area contributed by atoms with E-state index in [-0.39, 0.29) is 39.3 Å². The Morgan fingerprint density at radius 2 is 2.00 bits per heavy atom.